The van der Waals surface area contributed by atoms with E-state index in [2.05, 4.69) is 11.4 Å². The number of halogens is 2. The number of nitrogens with one attached hydrogen (secondary N) is 1. The Balaban J connectivity index is 1.43. The number of esters is 1. The quantitative estimate of drug-likeness (QED) is 0.530. The molecule has 0 bridgehead atoms. The van der Waals surface area contributed by atoms with E-state index in [0.29, 0.717) is 40.7 Å². The molecule has 1 amide bonds. The zero-order valence-electron chi connectivity index (χ0n) is 18.5. The number of nitriles is 1. The van der Waals surface area contributed by atoms with Crippen LogP contribution in [0, 0.1) is 31.0 Å². The first kappa shape index (κ1) is 23.3. The molecular weight excluding hydrogens is 461 g/mol. The largest absolute Gasteiger partial charge is 0.478 e. The van der Waals surface area contributed by atoms with Gasteiger partial charge >= 0.3 is 5.97 Å². The molecule has 7 nitrogen and oxygen atoms in total. The van der Waals surface area contributed by atoms with Crippen molar-refractivity contribution in [1.29, 1.82) is 5.26 Å². The fourth-order valence-electron chi connectivity index (χ4n) is 3.85. The lowest BCUT2D eigenvalue weighted by molar-refractivity contribution is -0.153. The molecule has 1 unspecified atom stereocenters. The Labute approximate surface area is 200 Å². The molecule has 2 aromatic carbocycles. The molecule has 0 saturated heterocycles. The zero-order chi connectivity index (χ0) is 24.4. The molecule has 0 aliphatic carbocycles. The van der Waals surface area contributed by atoms with Gasteiger partial charge in [-0.05, 0) is 60.9 Å². The third kappa shape index (κ3) is 4.75. The van der Waals surface area contributed by atoms with Crippen molar-refractivity contribution >= 4 is 29.3 Å². The van der Waals surface area contributed by atoms with Crippen molar-refractivity contribution in [1.82, 2.24) is 4.57 Å². The molecule has 4 rings (SSSR count). The molecule has 0 radical (unpaired) electrons. The number of ether oxygens (including phenoxy) is 2. The second-order valence-electron chi connectivity index (χ2n) is 7.98. The number of aromatic nitrogens is 1. The minimum Gasteiger partial charge on any atom is -0.478 e. The van der Waals surface area contributed by atoms with E-state index in [1.807, 2.05) is 6.92 Å². The third-order valence-corrected chi connectivity index (χ3v) is 5.99. The Morgan fingerprint density at radius 3 is 2.71 bits per heavy atom. The summed E-state index contributed by atoms with van der Waals surface area (Å²) in [5.41, 5.74) is 3.40. The number of fused-ring (bicyclic) bond motifs is 1. The topological polar surface area (TPSA) is 93.3 Å². The van der Waals surface area contributed by atoms with Gasteiger partial charge < -0.3 is 19.4 Å². The second kappa shape index (κ2) is 9.57. The van der Waals surface area contributed by atoms with Crippen LogP contribution < -0.4 is 10.1 Å². The lowest BCUT2D eigenvalue weighted by Crippen LogP contribution is -2.31. The summed E-state index contributed by atoms with van der Waals surface area (Å²) < 4.78 is 25.8. The molecule has 0 fully saturated rings. The van der Waals surface area contributed by atoms with Crippen molar-refractivity contribution in [3.63, 3.8) is 0 Å². The molecule has 0 spiro atoms. The highest BCUT2D eigenvalue weighted by Crippen LogP contribution is 2.31. The van der Waals surface area contributed by atoms with Crippen molar-refractivity contribution in [2.45, 2.75) is 32.9 Å². The van der Waals surface area contributed by atoms with E-state index in [9.17, 15) is 19.2 Å². The lowest BCUT2D eigenvalue weighted by atomic mass is 10.1. The molecule has 1 N–H and O–H groups in total. The molecule has 1 aliphatic rings. The Hall–Kier alpha value is -3.83. The maximum atomic E-state index is 13.3. The van der Waals surface area contributed by atoms with E-state index in [0.717, 1.165) is 16.8 Å². The van der Waals surface area contributed by atoms with Gasteiger partial charge in [-0.1, -0.05) is 23.7 Å². The summed E-state index contributed by atoms with van der Waals surface area (Å²) in [4.78, 5) is 25.0. The molecule has 1 aromatic heterocycles. The summed E-state index contributed by atoms with van der Waals surface area (Å²) in [7, 11) is 0. The first-order valence-corrected chi connectivity index (χ1v) is 10.9. The van der Waals surface area contributed by atoms with Crippen molar-refractivity contribution in [3.05, 3.63) is 81.3 Å². The van der Waals surface area contributed by atoms with Gasteiger partial charge in [-0.25, -0.2) is 9.18 Å². The van der Waals surface area contributed by atoms with Gasteiger partial charge in [-0.15, -0.1) is 0 Å². The van der Waals surface area contributed by atoms with Crippen molar-refractivity contribution < 1.29 is 23.5 Å². The number of carbonyl (C=O) groups is 2. The third-order valence-electron chi connectivity index (χ3n) is 5.76. The Morgan fingerprint density at radius 2 is 2.00 bits per heavy atom. The number of nitrogens with zero attached hydrogens (tertiary/aromatic N) is 2. The minimum atomic E-state index is -0.859. The number of benzene rings is 2. The van der Waals surface area contributed by atoms with Crippen LogP contribution in [-0.4, -0.2) is 29.2 Å². The number of anilines is 1. The van der Waals surface area contributed by atoms with E-state index in [1.54, 1.807) is 41.8 Å². The van der Waals surface area contributed by atoms with Gasteiger partial charge in [0.05, 0.1) is 5.56 Å². The van der Waals surface area contributed by atoms with Gasteiger partial charge in [0.15, 0.2) is 12.7 Å². The predicted molar refractivity (Wildman–Crippen MR) is 123 cm³/mol. The SMILES string of the molecule is Cc1c(C#N)c(NC(=O)COC(=O)C2Cc3cc(Cl)ccc3O2)n(Cc2ccc(F)cc2)c1C. The average molecular weight is 482 g/mol. The normalized spacial score (nSPS) is 14.1. The molecule has 3 aromatic rings. The first-order valence-electron chi connectivity index (χ1n) is 10.5. The Bertz CT molecular complexity index is 1310. The van der Waals surface area contributed by atoms with Crippen LogP contribution in [0.4, 0.5) is 10.2 Å². The van der Waals surface area contributed by atoms with Crippen LogP contribution in [0.3, 0.4) is 0 Å². The van der Waals surface area contributed by atoms with E-state index in [4.69, 9.17) is 21.1 Å². The van der Waals surface area contributed by atoms with Gasteiger partial charge in [-0.2, -0.15) is 5.26 Å². The molecule has 2 heterocycles. The summed E-state index contributed by atoms with van der Waals surface area (Å²) >= 11 is 5.97. The van der Waals surface area contributed by atoms with Gasteiger partial charge in [0.25, 0.3) is 5.91 Å². The van der Waals surface area contributed by atoms with Gasteiger partial charge in [0, 0.05) is 23.7 Å². The summed E-state index contributed by atoms with van der Waals surface area (Å²) in [6.07, 6.45) is -0.559. The Morgan fingerprint density at radius 1 is 1.26 bits per heavy atom. The van der Waals surface area contributed by atoms with E-state index in [1.165, 1.54) is 12.1 Å². The van der Waals surface area contributed by atoms with Crippen molar-refractivity contribution in [2.24, 2.45) is 0 Å². The van der Waals surface area contributed by atoms with Gasteiger partial charge in [0.2, 0.25) is 0 Å². The van der Waals surface area contributed by atoms with E-state index in [-0.39, 0.29) is 5.82 Å². The maximum absolute atomic E-state index is 13.3. The highest BCUT2D eigenvalue weighted by atomic mass is 35.5. The highest BCUT2D eigenvalue weighted by Gasteiger charge is 2.31. The molecular formula is C25H21ClFN3O4. The fourth-order valence-corrected chi connectivity index (χ4v) is 4.04. The minimum absolute atomic E-state index is 0.294. The second-order valence-corrected chi connectivity index (χ2v) is 8.41. The molecule has 0 saturated carbocycles. The number of hydrogen-bond acceptors (Lipinski definition) is 5. The molecule has 1 aliphatic heterocycles. The summed E-state index contributed by atoms with van der Waals surface area (Å²) in [6.45, 7) is 3.39. The molecule has 34 heavy (non-hydrogen) atoms. The van der Waals surface area contributed by atoms with Crippen LogP contribution in [0.15, 0.2) is 42.5 Å². The van der Waals surface area contributed by atoms with Crippen LogP contribution in [-0.2, 0) is 27.3 Å². The number of amides is 1. The number of rotatable bonds is 6. The van der Waals surface area contributed by atoms with Crippen LogP contribution in [0.1, 0.15) is 27.9 Å². The van der Waals surface area contributed by atoms with Crippen molar-refractivity contribution in [2.75, 3.05) is 11.9 Å². The van der Waals surface area contributed by atoms with E-state index >= 15 is 0 Å². The predicted octanol–water partition coefficient (Wildman–Crippen LogP) is 4.30. The first-order chi connectivity index (χ1) is 16.3. The van der Waals surface area contributed by atoms with Crippen molar-refractivity contribution in [3.8, 4) is 11.8 Å². The average Bonchev–Trinajstić information content (AvgIpc) is 3.33. The highest BCUT2D eigenvalue weighted by molar-refractivity contribution is 6.30. The van der Waals surface area contributed by atoms with E-state index < -0.39 is 24.6 Å². The fraction of sp³-hybridized carbons (Fsp3) is 0.240. The monoisotopic (exact) mass is 481 g/mol. The van der Waals surface area contributed by atoms with Crippen LogP contribution in [0.2, 0.25) is 5.02 Å². The number of hydrogen-bond donors (Lipinski definition) is 1. The molecule has 1 atom stereocenters. The zero-order valence-corrected chi connectivity index (χ0v) is 19.3. The van der Waals surface area contributed by atoms with Crippen LogP contribution in [0.5, 0.6) is 5.75 Å². The van der Waals surface area contributed by atoms with Gasteiger partial charge in [0.1, 0.15) is 23.5 Å². The summed E-state index contributed by atoms with van der Waals surface area (Å²) in [5.74, 6) is -0.769. The standard InChI is InChI=1S/C25H21ClFN3O4/c1-14-15(2)30(12-16-3-6-19(27)7-4-16)24(20(14)11-28)29-23(31)13-33-25(32)22-10-17-9-18(26)5-8-21(17)34-22/h3-9,22H,10,12-13H2,1-2H3,(H,29,31). The summed E-state index contributed by atoms with van der Waals surface area (Å²) in [5, 5.41) is 12.9. The maximum Gasteiger partial charge on any atom is 0.348 e. The van der Waals surface area contributed by atoms with Crippen LogP contribution >= 0.6 is 11.6 Å². The smallest absolute Gasteiger partial charge is 0.348 e. The van der Waals surface area contributed by atoms with Gasteiger partial charge in [-0.3, -0.25) is 4.79 Å². The molecule has 9 heteroatoms. The Kier molecular flexibility index (Phi) is 6.57. The number of carbonyl (C=O) groups excluding carboxylic acids is 2. The lowest BCUT2D eigenvalue weighted by Gasteiger charge is -2.14. The summed E-state index contributed by atoms with van der Waals surface area (Å²) in [6, 6.07) is 13.2. The molecule has 174 valence electrons. The van der Waals surface area contributed by atoms with Crippen LogP contribution in [0.25, 0.3) is 0 Å².